The minimum Gasteiger partial charge on any atom is -0.348 e. The van der Waals surface area contributed by atoms with Crippen molar-refractivity contribution >= 4 is 17.5 Å². The van der Waals surface area contributed by atoms with E-state index in [2.05, 4.69) is 19.2 Å². The fraction of sp³-hybridized carbons (Fsp3) is 0.316. The summed E-state index contributed by atoms with van der Waals surface area (Å²) in [4.78, 5) is 12.4. The average Bonchev–Trinajstić information content (AvgIpc) is 3.01. The van der Waals surface area contributed by atoms with E-state index < -0.39 is 0 Å². The van der Waals surface area contributed by atoms with Crippen LogP contribution in [0.3, 0.4) is 0 Å². The Labute approximate surface area is 136 Å². The third kappa shape index (κ3) is 2.76. The number of amides is 1. The van der Waals surface area contributed by atoms with Gasteiger partial charge < -0.3 is 5.32 Å². The van der Waals surface area contributed by atoms with Gasteiger partial charge >= 0.3 is 0 Å². The van der Waals surface area contributed by atoms with Crippen molar-refractivity contribution in [3.05, 3.63) is 70.2 Å². The summed E-state index contributed by atoms with van der Waals surface area (Å²) >= 11 is 5.95. The van der Waals surface area contributed by atoms with Gasteiger partial charge in [0.2, 0.25) is 0 Å². The fourth-order valence-corrected chi connectivity index (χ4v) is 3.25. The molecule has 3 rings (SSSR count). The highest BCUT2D eigenvalue weighted by molar-refractivity contribution is 6.30. The van der Waals surface area contributed by atoms with Crippen LogP contribution in [0.1, 0.15) is 41.3 Å². The molecule has 0 radical (unpaired) electrons. The van der Waals surface area contributed by atoms with Crippen LogP contribution in [0.5, 0.6) is 0 Å². The Morgan fingerprint density at radius 1 is 1.05 bits per heavy atom. The van der Waals surface area contributed by atoms with Crippen LogP contribution in [-0.4, -0.2) is 11.9 Å². The van der Waals surface area contributed by atoms with Crippen LogP contribution in [-0.2, 0) is 0 Å². The van der Waals surface area contributed by atoms with Gasteiger partial charge in [-0.25, -0.2) is 0 Å². The van der Waals surface area contributed by atoms with Crippen molar-refractivity contribution in [1.29, 1.82) is 0 Å². The van der Waals surface area contributed by atoms with Crippen LogP contribution in [0.25, 0.3) is 0 Å². The summed E-state index contributed by atoms with van der Waals surface area (Å²) < 4.78 is 0. The van der Waals surface area contributed by atoms with E-state index in [1.165, 1.54) is 5.56 Å². The quantitative estimate of drug-likeness (QED) is 0.883. The molecule has 1 fully saturated rings. The van der Waals surface area contributed by atoms with E-state index in [-0.39, 0.29) is 17.4 Å². The van der Waals surface area contributed by atoms with Crippen molar-refractivity contribution < 1.29 is 4.79 Å². The van der Waals surface area contributed by atoms with E-state index in [1.807, 2.05) is 55.5 Å². The zero-order valence-electron chi connectivity index (χ0n) is 13.1. The Morgan fingerprint density at radius 3 is 2.23 bits per heavy atom. The third-order valence-electron chi connectivity index (χ3n) is 4.66. The van der Waals surface area contributed by atoms with E-state index in [0.717, 1.165) is 10.6 Å². The normalized spacial score (nSPS) is 22.2. The summed E-state index contributed by atoms with van der Waals surface area (Å²) in [6.07, 6.45) is 0. The van der Waals surface area contributed by atoms with Gasteiger partial charge in [-0.05, 0) is 42.2 Å². The molecule has 2 nitrogen and oxygen atoms in total. The molecule has 114 valence electrons. The number of hydrogen-bond donors (Lipinski definition) is 1. The molecule has 1 N–H and O–H groups in total. The Bertz CT molecular complexity index is 688. The topological polar surface area (TPSA) is 29.1 Å². The Hall–Kier alpha value is -1.80. The summed E-state index contributed by atoms with van der Waals surface area (Å²) in [6, 6.07) is 15.7. The predicted molar refractivity (Wildman–Crippen MR) is 90.4 cm³/mol. The summed E-state index contributed by atoms with van der Waals surface area (Å²) in [5, 5.41) is 3.91. The molecule has 22 heavy (non-hydrogen) atoms. The van der Waals surface area contributed by atoms with Crippen LogP contribution < -0.4 is 5.32 Å². The highest BCUT2D eigenvalue weighted by Crippen LogP contribution is 2.58. The molecule has 1 aliphatic carbocycles. The van der Waals surface area contributed by atoms with E-state index in [9.17, 15) is 4.79 Å². The molecule has 0 saturated heterocycles. The SMILES string of the molecule is Cc1ccc(C(=O)N[C@H]2[C@H](c3ccc(Cl)cc3)C2(C)C)cc1. The third-order valence-corrected chi connectivity index (χ3v) is 4.91. The van der Waals surface area contributed by atoms with E-state index in [0.29, 0.717) is 11.5 Å². The number of rotatable bonds is 3. The van der Waals surface area contributed by atoms with Crippen LogP contribution in [0.4, 0.5) is 0 Å². The van der Waals surface area contributed by atoms with Crippen molar-refractivity contribution in [2.75, 3.05) is 0 Å². The second-order valence-electron chi connectivity index (χ2n) is 6.67. The monoisotopic (exact) mass is 313 g/mol. The van der Waals surface area contributed by atoms with Crippen molar-refractivity contribution in [2.24, 2.45) is 5.41 Å². The number of carbonyl (C=O) groups is 1. The minimum absolute atomic E-state index is 0.00506. The second kappa shape index (κ2) is 5.44. The standard InChI is InChI=1S/C19H20ClNO/c1-12-4-6-14(7-5-12)18(22)21-17-16(19(17,2)3)13-8-10-15(20)11-9-13/h4-11,16-17H,1-3H3,(H,21,22)/t16-,17-/m0/s1. The maximum atomic E-state index is 12.4. The lowest BCUT2D eigenvalue weighted by atomic mass is 10.0. The Morgan fingerprint density at radius 2 is 1.64 bits per heavy atom. The van der Waals surface area contributed by atoms with Gasteiger partial charge in [0.15, 0.2) is 0 Å². The lowest BCUT2D eigenvalue weighted by Crippen LogP contribution is -2.28. The maximum Gasteiger partial charge on any atom is 0.251 e. The number of aryl methyl sites for hydroxylation is 1. The van der Waals surface area contributed by atoms with Crippen LogP contribution in [0, 0.1) is 12.3 Å². The van der Waals surface area contributed by atoms with Gasteiger partial charge in [0.05, 0.1) is 0 Å². The van der Waals surface area contributed by atoms with E-state index >= 15 is 0 Å². The molecule has 2 aromatic rings. The Kier molecular flexibility index (Phi) is 3.73. The molecule has 0 heterocycles. The predicted octanol–water partition coefficient (Wildman–Crippen LogP) is 4.57. The van der Waals surface area contributed by atoms with Crippen LogP contribution in [0.2, 0.25) is 5.02 Å². The summed E-state index contributed by atoms with van der Waals surface area (Å²) in [6.45, 7) is 6.39. The first-order valence-electron chi connectivity index (χ1n) is 7.52. The van der Waals surface area contributed by atoms with Crippen molar-refractivity contribution in [2.45, 2.75) is 32.7 Å². The number of benzene rings is 2. The summed E-state index contributed by atoms with van der Waals surface area (Å²) in [5.41, 5.74) is 3.16. The molecule has 0 bridgehead atoms. The highest BCUT2D eigenvalue weighted by atomic mass is 35.5. The summed E-state index contributed by atoms with van der Waals surface area (Å²) in [7, 11) is 0. The first kappa shape index (κ1) is 15.1. The highest BCUT2D eigenvalue weighted by Gasteiger charge is 2.59. The zero-order chi connectivity index (χ0) is 15.9. The lowest BCUT2D eigenvalue weighted by Gasteiger charge is -2.06. The first-order valence-corrected chi connectivity index (χ1v) is 7.90. The summed E-state index contributed by atoms with van der Waals surface area (Å²) in [5.74, 6) is 0.328. The molecular formula is C19H20ClNO. The van der Waals surface area contributed by atoms with Gasteiger partial charge in [0, 0.05) is 22.5 Å². The van der Waals surface area contributed by atoms with Gasteiger partial charge in [-0.15, -0.1) is 0 Å². The van der Waals surface area contributed by atoms with Gasteiger partial charge in [-0.2, -0.15) is 0 Å². The second-order valence-corrected chi connectivity index (χ2v) is 7.10. The number of halogens is 1. The average molecular weight is 314 g/mol. The van der Waals surface area contributed by atoms with Crippen molar-refractivity contribution in [1.82, 2.24) is 5.32 Å². The lowest BCUT2D eigenvalue weighted by molar-refractivity contribution is 0.0946. The molecule has 1 aliphatic rings. The van der Waals surface area contributed by atoms with Crippen LogP contribution >= 0.6 is 11.6 Å². The van der Waals surface area contributed by atoms with E-state index in [1.54, 1.807) is 0 Å². The Balaban J connectivity index is 1.74. The molecule has 1 saturated carbocycles. The molecule has 2 atom stereocenters. The van der Waals surface area contributed by atoms with Gasteiger partial charge in [0.25, 0.3) is 5.91 Å². The van der Waals surface area contributed by atoms with E-state index in [4.69, 9.17) is 11.6 Å². The van der Waals surface area contributed by atoms with Gasteiger partial charge in [0.1, 0.15) is 0 Å². The zero-order valence-corrected chi connectivity index (χ0v) is 13.8. The molecule has 0 unspecified atom stereocenters. The molecule has 3 heteroatoms. The fourth-order valence-electron chi connectivity index (χ4n) is 3.13. The number of nitrogens with one attached hydrogen (secondary N) is 1. The number of hydrogen-bond acceptors (Lipinski definition) is 1. The first-order chi connectivity index (χ1) is 10.4. The smallest absolute Gasteiger partial charge is 0.251 e. The molecule has 0 aromatic heterocycles. The van der Waals surface area contributed by atoms with Gasteiger partial charge in [-0.3, -0.25) is 4.79 Å². The largest absolute Gasteiger partial charge is 0.348 e. The molecule has 2 aromatic carbocycles. The molecule has 1 amide bonds. The minimum atomic E-state index is -0.00506. The maximum absolute atomic E-state index is 12.4. The molecule has 0 aliphatic heterocycles. The van der Waals surface area contributed by atoms with Crippen molar-refractivity contribution in [3.8, 4) is 0 Å². The number of carbonyl (C=O) groups excluding carboxylic acids is 1. The molecule has 0 spiro atoms. The van der Waals surface area contributed by atoms with Crippen molar-refractivity contribution in [3.63, 3.8) is 0 Å². The molecular weight excluding hydrogens is 294 g/mol. The van der Waals surface area contributed by atoms with Gasteiger partial charge in [-0.1, -0.05) is 55.3 Å². The van der Waals surface area contributed by atoms with Crippen LogP contribution in [0.15, 0.2) is 48.5 Å².